The van der Waals surface area contributed by atoms with Gasteiger partial charge in [-0.05, 0) is 62.0 Å². The average Bonchev–Trinajstić information content (AvgIpc) is 3.49. The van der Waals surface area contributed by atoms with Crippen LogP contribution in [0.2, 0.25) is 0 Å². The molecule has 0 aromatic heterocycles. The first-order chi connectivity index (χ1) is 21.2. The van der Waals surface area contributed by atoms with Gasteiger partial charge >= 0.3 is 6.09 Å². The molecule has 44 heavy (non-hydrogen) atoms. The Kier molecular flexibility index (Phi) is 14.4. The van der Waals surface area contributed by atoms with Crippen molar-refractivity contribution in [1.82, 2.24) is 4.90 Å². The maximum absolute atomic E-state index is 14.1. The van der Waals surface area contributed by atoms with Crippen LogP contribution in [0.4, 0.5) is 16.2 Å². The molecule has 0 spiro atoms. The van der Waals surface area contributed by atoms with Crippen molar-refractivity contribution in [3.8, 4) is 11.5 Å². The number of rotatable bonds is 17. The van der Waals surface area contributed by atoms with Gasteiger partial charge in [-0.25, -0.2) is 4.79 Å². The summed E-state index contributed by atoms with van der Waals surface area (Å²) in [5.74, 6) is 2.45. The maximum Gasteiger partial charge on any atom is 0.411 e. The second-order valence-electron chi connectivity index (χ2n) is 10.3. The number of anilines is 1. The van der Waals surface area contributed by atoms with Gasteiger partial charge in [-0.2, -0.15) is 0 Å². The van der Waals surface area contributed by atoms with Crippen molar-refractivity contribution in [3.05, 3.63) is 57.6 Å². The lowest BCUT2D eigenvalue weighted by Crippen LogP contribution is -2.41. The number of ether oxygens (including phenoxy) is 4. The summed E-state index contributed by atoms with van der Waals surface area (Å²) in [6.07, 6.45) is 1.79. The van der Waals surface area contributed by atoms with E-state index in [1.165, 1.54) is 31.4 Å². The second-order valence-corrected chi connectivity index (χ2v) is 13.4. The number of hydrogen-bond donors (Lipinski definition) is 1. The molecule has 0 unspecified atom stereocenters. The van der Waals surface area contributed by atoms with Crippen LogP contribution in [0.25, 0.3) is 0 Å². The number of hydrogen-bond acceptors (Lipinski definition) is 10. The highest BCUT2D eigenvalue weighted by Crippen LogP contribution is 2.39. The number of non-ortho nitro benzene ring substituents is 1. The number of methoxy groups -OCH3 is 1. The number of likely N-dealkylation sites (tertiary alicyclic amines) is 1. The van der Waals surface area contributed by atoms with E-state index in [0.717, 1.165) is 24.3 Å². The van der Waals surface area contributed by atoms with E-state index in [-0.39, 0.29) is 46.2 Å². The van der Waals surface area contributed by atoms with E-state index < -0.39 is 11.0 Å². The zero-order valence-electron chi connectivity index (χ0n) is 26.0. The summed E-state index contributed by atoms with van der Waals surface area (Å²) in [6.45, 7) is 9.56. The van der Waals surface area contributed by atoms with Crippen LogP contribution in [0.15, 0.2) is 36.4 Å². The van der Waals surface area contributed by atoms with E-state index >= 15 is 0 Å². The van der Waals surface area contributed by atoms with Crippen LogP contribution in [0.5, 0.6) is 11.5 Å². The van der Waals surface area contributed by atoms with E-state index in [4.69, 9.17) is 18.9 Å². The predicted octanol–water partition coefficient (Wildman–Crippen LogP) is 6.98. The first-order valence-corrected chi connectivity index (χ1v) is 17.0. The Morgan fingerprint density at radius 1 is 1.09 bits per heavy atom. The first kappa shape index (κ1) is 35.3. The molecular formula is C31H43N3O8S2. The molecule has 0 radical (unpaired) electrons. The van der Waals surface area contributed by atoms with Gasteiger partial charge in [-0.3, -0.25) is 20.2 Å². The number of amides is 2. The minimum atomic E-state index is -0.780. The van der Waals surface area contributed by atoms with Crippen LogP contribution in [0, 0.1) is 10.1 Å². The van der Waals surface area contributed by atoms with Crippen molar-refractivity contribution in [2.45, 2.75) is 70.3 Å². The van der Waals surface area contributed by atoms with E-state index in [9.17, 15) is 19.7 Å². The van der Waals surface area contributed by atoms with Crippen molar-refractivity contribution in [2.24, 2.45) is 0 Å². The molecule has 1 atom stereocenters. The second kappa shape index (κ2) is 18.0. The third-order valence-electron chi connectivity index (χ3n) is 6.82. The Hall–Kier alpha value is -3.16. The normalized spacial score (nSPS) is 14.6. The number of nitrogens with one attached hydrogen (secondary N) is 1. The molecule has 242 valence electrons. The summed E-state index contributed by atoms with van der Waals surface area (Å²) in [7, 11) is 1.51. The summed E-state index contributed by atoms with van der Waals surface area (Å²) in [5, 5.41) is 13.7. The van der Waals surface area contributed by atoms with E-state index in [2.05, 4.69) is 19.2 Å². The van der Waals surface area contributed by atoms with Crippen LogP contribution in [0.1, 0.15) is 62.9 Å². The summed E-state index contributed by atoms with van der Waals surface area (Å²) in [5.41, 5.74) is 1.04. The van der Waals surface area contributed by atoms with Gasteiger partial charge in [0.25, 0.3) is 11.6 Å². The van der Waals surface area contributed by atoms with Crippen molar-refractivity contribution in [2.75, 3.05) is 43.7 Å². The van der Waals surface area contributed by atoms with E-state index in [1.54, 1.807) is 12.1 Å². The zero-order valence-corrected chi connectivity index (χ0v) is 27.7. The quantitative estimate of drug-likeness (QED) is 0.0829. The standard InChI is InChI=1S/C31H43N3O8S2/c1-6-43-30(44-7-2)26-10-8-15-33(26)29(35)24-18-27(39-5)28(41-17-9-16-40-21(3)4)19-25(24)32-31(36)42-20-22-11-13-23(14-12-22)34(37)38/h11-14,18-19,21,26,30H,6-10,15-17,20H2,1-5H3,(H,32,36)/t26-/m1/s1. The first-order valence-electron chi connectivity index (χ1n) is 14.9. The minimum absolute atomic E-state index is 0.0555. The van der Waals surface area contributed by atoms with Crippen molar-refractivity contribution in [3.63, 3.8) is 0 Å². The lowest BCUT2D eigenvalue weighted by atomic mass is 10.1. The number of carbonyl (C=O) groups is 2. The zero-order chi connectivity index (χ0) is 32.1. The molecular weight excluding hydrogens is 606 g/mol. The highest BCUT2D eigenvalue weighted by molar-refractivity contribution is 8.17. The number of nitrogens with zero attached hydrogens (tertiary/aromatic N) is 2. The highest BCUT2D eigenvalue weighted by Gasteiger charge is 2.36. The lowest BCUT2D eigenvalue weighted by molar-refractivity contribution is -0.384. The largest absolute Gasteiger partial charge is 0.493 e. The summed E-state index contributed by atoms with van der Waals surface area (Å²) in [6, 6.07) is 9.00. The SMILES string of the molecule is CCSC(SCC)[C@H]1CCCN1C(=O)c1cc(OC)c(OCCCOC(C)C)cc1NC(=O)OCc1ccc([N+](=O)[O-])cc1. The number of thioether (sulfide) groups is 2. The molecule has 0 bridgehead atoms. The van der Waals surface area contributed by atoms with Crippen LogP contribution in [-0.4, -0.2) is 76.9 Å². The molecule has 1 N–H and O–H groups in total. The predicted molar refractivity (Wildman–Crippen MR) is 175 cm³/mol. The molecule has 0 saturated carbocycles. The fourth-order valence-corrected chi connectivity index (χ4v) is 7.63. The molecule has 3 rings (SSSR count). The van der Waals surface area contributed by atoms with E-state index in [1.807, 2.05) is 42.3 Å². The van der Waals surface area contributed by atoms with Gasteiger partial charge in [0, 0.05) is 31.2 Å². The Labute approximate surface area is 267 Å². The summed E-state index contributed by atoms with van der Waals surface area (Å²) in [4.78, 5) is 39.4. The van der Waals surface area contributed by atoms with Crippen molar-refractivity contribution < 1.29 is 33.5 Å². The Balaban J connectivity index is 1.85. The molecule has 1 fully saturated rings. The monoisotopic (exact) mass is 649 g/mol. The smallest absolute Gasteiger partial charge is 0.411 e. The van der Waals surface area contributed by atoms with Gasteiger partial charge in [-0.15, -0.1) is 23.5 Å². The molecule has 2 aromatic carbocycles. The fourth-order valence-electron chi connectivity index (χ4n) is 4.76. The molecule has 2 aromatic rings. The Morgan fingerprint density at radius 2 is 1.80 bits per heavy atom. The van der Waals surface area contributed by atoms with Gasteiger partial charge in [0.15, 0.2) is 11.5 Å². The Bertz CT molecular complexity index is 1240. The Morgan fingerprint density at radius 3 is 2.41 bits per heavy atom. The van der Waals surface area contributed by atoms with Crippen LogP contribution >= 0.6 is 23.5 Å². The number of nitro groups is 1. The third-order valence-corrected chi connectivity index (χ3v) is 9.59. The van der Waals surface area contributed by atoms with Crippen molar-refractivity contribution in [1.29, 1.82) is 0 Å². The molecule has 1 saturated heterocycles. The van der Waals surface area contributed by atoms with Crippen LogP contribution in [0.3, 0.4) is 0 Å². The fraction of sp³-hybridized carbons (Fsp3) is 0.548. The minimum Gasteiger partial charge on any atom is -0.493 e. The third kappa shape index (κ3) is 10.2. The number of benzene rings is 2. The highest BCUT2D eigenvalue weighted by atomic mass is 32.2. The molecule has 13 heteroatoms. The molecule has 1 aliphatic rings. The van der Waals surface area contributed by atoms with Gasteiger partial charge < -0.3 is 23.8 Å². The topological polar surface area (TPSA) is 129 Å². The molecule has 1 aliphatic heterocycles. The maximum atomic E-state index is 14.1. The summed E-state index contributed by atoms with van der Waals surface area (Å²) < 4.78 is 22.9. The number of carbonyl (C=O) groups excluding carboxylic acids is 2. The van der Waals surface area contributed by atoms with Gasteiger partial charge in [-0.1, -0.05) is 13.8 Å². The molecule has 2 amide bonds. The summed E-state index contributed by atoms with van der Waals surface area (Å²) >= 11 is 3.70. The molecule has 11 nitrogen and oxygen atoms in total. The lowest BCUT2D eigenvalue weighted by Gasteiger charge is -2.31. The van der Waals surface area contributed by atoms with Gasteiger partial charge in [0.05, 0.1) is 53.2 Å². The molecule has 0 aliphatic carbocycles. The number of nitro benzene ring substituents is 1. The van der Waals surface area contributed by atoms with E-state index in [0.29, 0.717) is 43.2 Å². The van der Waals surface area contributed by atoms with Crippen LogP contribution in [-0.2, 0) is 16.1 Å². The van der Waals surface area contributed by atoms with Gasteiger partial charge in [0.1, 0.15) is 6.61 Å². The average molecular weight is 650 g/mol. The molecule has 1 heterocycles. The van der Waals surface area contributed by atoms with Crippen molar-refractivity contribution >= 4 is 46.9 Å². The van der Waals surface area contributed by atoms with Gasteiger partial charge in [0.2, 0.25) is 0 Å². The van der Waals surface area contributed by atoms with Crippen LogP contribution < -0.4 is 14.8 Å².